The third-order valence-electron chi connectivity index (χ3n) is 3.82. The summed E-state index contributed by atoms with van der Waals surface area (Å²) in [6.07, 6.45) is 7.64. The van der Waals surface area contributed by atoms with Gasteiger partial charge >= 0.3 is 11.4 Å². The number of halogens is 1. The largest absolute Gasteiger partial charge is 0.423 e. The Balaban J connectivity index is 0.000000309. The first-order valence-corrected chi connectivity index (χ1v) is 8.84. The second-order valence-corrected chi connectivity index (χ2v) is 6.27. The van der Waals surface area contributed by atoms with Crippen molar-refractivity contribution >= 4 is 27.0 Å². The summed E-state index contributed by atoms with van der Waals surface area (Å²) in [7, 11) is 0. The molecule has 0 spiro atoms. The highest BCUT2D eigenvalue weighted by molar-refractivity contribution is 9.09. The lowest BCUT2D eigenvalue weighted by atomic mass is 9.85. The van der Waals surface area contributed by atoms with E-state index in [9.17, 15) is 9.59 Å². The smallest absolute Gasteiger partial charge is 0.372 e. The summed E-state index contributed by atoms with van der Waals surface area (Å²) in [4.78, 5) is 27.3. The summed E-state index contributed by atoms with van der Waals surface area (Å²) in [5, 5.41) is 1.52. The number of hydrogen-bond acceptors (Lipinski definition) is 4. The van der Waals surface area contributed by atoms with Crippen LogP contribution in [0.5, 0.6) is 0 Å². The van der Waals surface area contributed by atoms with Gasteiger partial charge in [-0.05, 0) is 37.3 Å². The van der Waals surface area contributed by atoms with Gasteiger partial charge in [-0.2, -0.15) is 0 Å². The molecule has 0 atom stereocenters. The van der Waals surface area contributed by atoms with Gasteiger partial charge in [0.2, 0.25) is 0 Å². The maximum Gasteiger partial charge on any atom is 0.423 e. The topological polar surface area (TPSA) is 65.1 Å². The minimum Gasteiger partial charge on any atom is -0.372 e. The summed E-state index contributed by atoms with van der Waals surface area (Å²) in [6.45, 7) is 2.78. The first-order chi connectivity index (χ1) is 10.7. The van der Waals surface area contributed by atoms with E-state index < -0.39 is 11.4 Å². The second-order valence-electron chi connectivity index (χ2n) is 5.48. The average Bonchev–Trinajstić information content (AvgIpc) is 2.47. The number of hydrogen-bond donors (Lipinski definition) is 0. The van der Waals surface area contributed by atoms with Crippen LogP contribution in [0.1, 0.15) is 39.0 Å². The molecular weight excluding hydrogens is 348 g/mol. The van der Waals surface area contributed by atoms with Crippen LogP contribution in [0.25, 0.3) is 11.0 Å². The molecule has 0 bridgehead atoms. The molecule has 0 aromatic carbocycles. The number of aromatic nitrogens is 2. The molecule has 1 fully saturated rings. The predicted molar refractivity (Wildman–Crippen MR) is 90.6 cm³/mol. The van der Waals surface area contributed by atoms with Crippen LogP contribution in [0.4, 0.5) is 0 Å². The number of alkyl halides is 1. The van der Waals surface area contributed by atoms with Crippen LogP contribution in [-0.4, -0.2) is 14.9 Å². The van der Waals surface area contributed by atoms with E-state index in [1.54, 1.807) is 18.3 Å². The molecule has 0 unspecified atom stereocenters. The molecule has 2 heterocycles. The van der Waals surface area contributed by atoms with Crippen molar-refractivity contribution in [2.75, 3.05) is 5.33 Å². The second kappa shape index (κ2) is 8.27. The normalized spacial score (nSPS) is 14.3. The Morgan fingerprint density at radius 3 is 2.73 bits per heavy atom. The number of unbranched alkanes of at least 4 members (excludes halogenated alkanes) is 1. The third kappa shape index (κ3) is 4.06. The van der Waals surface area contributed by atoms with Crippen LogP contribution in [0.15, 0.2) is 32.3 Å². The van der Waals surface area contributed by atoms with Gasteiger partial charge in [0.25, 0.3) is 0 Å². The molecule has 1 aliphatic carbocycles. The van der Waals surface area contributed by atoms with Crippen molar-refractivity contribution in [3.05, 3.63) is 39.3 Å². The summed E-state index contributed by atoms with van der Waals surface area (Å²) in [5.41, 5.74) is -0.177. The van der Waals surface area contributed by atoms with E-state index >= 15 is 0 Å². The number of pyridine rings is 1. The van der Waals surface area contributed by atoms with Crippen LogP contribution in [0.3, 0.4) is 0 Å². The van der Waals surface area contributed by atoms with Gasteiger partial charge in [-0.25, -0.2) is 14.6 Å². The fraction of sp³-hybridized carbons (Fsp3) is 0.562. The number of fused-ring (bicyclic) bond motifs is 1. The van der Waals surface area contributed by atoms with Crippen molar-refractivity contribution < 1.29 is 4.42 Å². The Labute approximate surface area is 137 Å². The minimum absolute atomic E-state index is 0.367. The zero-order valence-electron chi connectivity index (χ0n) is 12.8. The van der Waals surface area contributed by atoms with Gasteiger partial charge in [0.15, 0.2) is 5.65 Å². The Morgan fingerprint density at radius 1 is 1.41 bits per heavy atom. The molecule has 1 aliphatic rings. The van der Waals surface area contributed by atoms with Gasteiger partial charge in [0.1, 0.15) is 5.39 Å². The van der Waals surface area contributed by atoms with E-state index in [4.69, 9.17) is 4.42 Å². The van der Waals surface area contributed by atoms with E-state index in [0.717, 1.165) is 18.2 Å². The highest BCUT2D eigenvalue weighted by atomic mass is 79.9. The summed E-state index contributed by atoms with van der Waals surface area (Å²) in [6, 6.07) is 3.29. The van der Waals surface area contributed by atoms with Gasteiger partial charge < -0.3 is 4.42 Å². The lowest BCUT2D eigenvalue weighted by molar-refractivity contribution is 0.262. The third-order valence-corrected chi connectivity index (χ3v) is 4.38. The van der Waals surface area contributed by atoms with Crippen molar-refractivity contribution in [2.24, 2.45) is 5.92 Å². The fourth-order valence-corrected chi connectivity index (χ4v) is 2.84. The van der Waals surface area contributed by atoms with E-state index in [2.05, 4.69) is 27.8 Å². The zero-order chi connectivity index (χ0) is 15.9. The average molecular weight is 369 g/mol. The molecule has 0 saturated heterocycles. The molecule has 3 rings (SSSR count). The lowest BCUT2D eigenvalue weighted by Gasteiger charge is -2.25. The van der Waals surface area contributed by atoms with E-state index in [1.165, 1.54) is 23.8 Å². The Bertz CT molecular complexity index is 717. The first kappa shape index (κ1) is 16.9. The molecule has 1 saturated carbocycles. The van der Waals surface area contributed by atoms with E-state index in [0.29, 0.717) is 23.5 Å². The van der Waals surface area contributed by atoms with Crippen LogP contribution < -0.4 is 11.4 Å². The molecule has 2 aromatic rings. The van der Waals surface area contributed by atoms with E-state index in [-0.39, 0.29) is 0 Å². The van der Waals surface area contributed by atoms with Gasteiger partial charge in [-0.1, -0.05) is 35.7 Å². The molecular formula is C16H21BrN2O3. The summed E-state index contributed by atoms with van der Waals surface area (Å²) < 4.78 is 6.18. The van der Waals surface area contributed by atoms with Gasteiger partial charge in [0.05, 0.1) is 0 Å². The zero-order valence-corrected chi connectivity index (χ0v) is 14.3. The fourth-order valence-electron chi connectivity index (χ4n) is 2.28. The van der Waals surface area contributed by atoms with Crippen molar-refractivity contribution in [2.45, 2.75) is 45.6 Å². The van der Waals surface area contributed by atoms with Crippen LogP contribution in [0.2, 0.25) is 0 Å². The Morgan fingerprint density at radius 2 is 2.18 bits per heavy atom. The monoisotopic (exact) mass is 368 g/mol. The molecule has 5 nitrogen and oxygen atoms in total. The molecule has 2 aromatic heterocycles. The maximum absolute atomic E-state index is 11.7. The van der Waals surface area contributed by atoms with Crippen molar-refractivity contribution in [1.29, 1.82) is 0 Å². The highest BCUT2D eigenvalue weighted by Crippen LogP contribution is 2.27. The van der Waals surface area contributed by atoms with Crippen molar-refractivity contribution in [3.8, 4) is 0 Å². The van der Waals surface area contributed by atoms with Crippen molar-refractivity contribution in [1.82, 2.24) is 9.55 Å². The quantitative estimate of drug-likeness (QED) is 0.776. The molecule has 120 valence electrons. The Hall–Kier alpha value is -1.43. The predicted octanol–water partition coefficient (Wildman–Crippen LogP) is 3.33. The lowest BCUT2D eigenvalue weighted by Crippen LogP contribution is -2.30. The van der Waals surface area contributed by atoms with Crippen LogP contribution in [-0.2, 0) is 6.54 Å². The minimum atomic E-state index is -0.608. The number of rotatable bonds is 4. The molecule has 0 N–H and O–H groups in total. The van der Waals surface area contributed by atoms with Gasteiger partial charge in [-0.15, -0.1) is 0 Å². The van der Waals surface area contributed by atoms with Gasteiger partial charge in [0, 0.05) is 18.1 Å². The van der Waals surface area contributed by atoms with Crippen molar-refractivity contribution in [3.63, 3.8) is 0 Å². The molecule has 0 aliphatic heterocycles. The summed E-state index contributed by atoms with van der Waals surface area (Å²) >= 11 is 3.31. The first-order valence-electron chi connectivity index (χ1n) is 7.72. The highest BCUT2D eigenvalue weighted by Gasteiger charge is 2.20. The maximum atomic E-state index is 11.7. The Kier molecular flexibility index (Phi) is 6.36. The van der Waals surface area contributed by atoms with Gasteiger partial charge in [-0.3, -0.25) is 4.57 Å². The van der Waals surface area contributed by atoms with Crippen LogP contribution in [0, 0.1) is 5.92 Å². The van der Waals surface area contributed by atoms with Crippen LogP contribution >= 0.6 is 15.9 Å². The number of nitrogens with zero attached hydrogens (tertiary/aromatic N) is 2. The van der Waals surface area contributed by atoms with E-state index in [1.807, 2.05) is 0 Å². The molecule has 6 heteroatoms. The standard InChI is InChI=1S/C12H12N2O3.C4H9Br/c15-11-9-5-2-6-13-10(9)14(12(16)17-11)7-8-3-1-4-8;1-2-3-4-5/h2,5-6,8H,1,3-4,7H2;2-4H2,1H3. The molecule has 0 radical (unpaired) electrons. The molecule has 0 amide bonds. The molecule has 22 heavy (non-hydrogen) atoms. The SMILES string of the molecule is CCCCBr.O=c1oc(=O)n(CC2CCC2)c2ncccc12. The summed E-state index contributed by atoms with van der Waals surface area (Å²) in [5.74, 6) is -0.0984.